The molecule has 182 valence electrons. The molecule has 35 heavy (non-hydrogen) atoms. The van der Waals surface area contributed by atoms with E-state index in [9.17, 15) is 14.4 Å². The van der Waals surface area contributed by atoms with Crippen LogP contribution >= 0.6 is 0 Å². The lowest BCUT2D eigenvalue weighted by Gasteiger charge is -2.25. The quantitative estimate of drug-likeness (QED) is 0.460. The van der Waals surface area contributed by atoms with E-state index in [4.69, 9.17) is 14.2 Å². The van der Waals surface area contributed by atoms with Crippen molar-refractivity contribution in [2.75, 3.05) is 32.3 Å². The van der Waals surface area contributed by atoms with Crippen LogP contribution in [-0.4, -0.2) is 45.2 Å². The van der Waals surface area contributed by atoms with E-state index in [0.29, 0.717) is 11.3 Å². The van der Waals surface area contributed by atoms with Crippen molar-refractivity contribution >= 4 is 23.5 Å². The number of aryl methyl sites for hydroxylation is 2. The Morgan fingerprint density at radius 2 is 1.66 bits per heavy atom. The number of hydrogen-bond acceptors (Lipinski definition) is 7. The molecule has 8 nitrogen and oxygen atoms in total. The molecule has 0 spiro atoms. The second-order valence-electron chi connectivity index (χ2n) is 7.68. The summed E-state index contributed by atoms with van der Waals surface area (Å²) in [6, 6.07) is 12.6. The van der Waals surface area contributed by atoms with Gasteiger partial charge < -0.3 is 24.4 Å². The molecule has 0 aromatic heterocycles. The number of allylic oxidation sites excluding steroid dienone is 2. The third kappa shape index (κ3) is 5.97. The van der Waals surface area contributed by atoms with Crippen LogP contribution in [0.5, 0.6) is 5.75 Å². The molecule has 0 unspecified atom stereocenters. The van der Waals surface area contributed by atoms with Crippen LogP contribution < -0.4 is 15.0 Å². The first kappa shape index (κ1) is 25.3. The zero-order valence-electron chi connectivity index (χ0n) is 20.2. The zero-order valence-corrected chi connectivity index (χ0v) is 20.2. The van der Waals surface area contributed by atoms with E-state index < -0.39 is 11.9 Å². The normalized spacial score (nSPS) is 12.7. The van der Waals surface area contributed by atoms with Crippen molar-refractivity contribution in [2.24, 2.45) is 0 Å². The number of ether oxygens (including phenoxy) is 3. The molecule has 0 saturated carbocycles. The molecule has 1 aliphatic rings. The van der Waals surface area contributed by atoms with Crippen LogP contribution in [0.3, 0.4) is 0 Å². The van der Waals surface area contributed by atoms with Crippen molar-refractivity contribution in [1.29, 1.82) is 0 Å². The predicted molar refractivity (Wildman–Crippen MR) is 132 cm³/mol. The van der Waals surface area contributed by atoms with Gasteiger partial charge in [-0.25, -0.2) is 9.59 Å². The van der Waals surface area contributed by atoms with Crippen molar-refractivity contribution in [2.45, 2.75) is 13.8 Å². The Balaban J connectivity index is 1.82. The summed E-state index contributed by atoms with van der Waals surface area (Å²) >= 11 is 0. The summed E-state index contributed by atoms with van der Waals surface area (Å²) in [7, 11) is 2.44. The van der Waals surface area contributed by atoms with E-state index in [1.165, 1.54) is 30.8 Å². The summed E-state index contributed by atoms with van der Waals surface area (Å²) in [6.45, 7) is 4.59. The van der Waals surface area contributed by atoms with Crippen molar-refractivity contribution in [3.63, 3.8) is 0 Å². The third-order valence-electron chi connectivity index (χ3n) is 5.43. The molecule has 2 aromatic carbocycles. The lowest BCUT2D eigenvalue weighted by Crippen LogP contribution is -2.32. The molecule has 3 rings (SSSR count). The average Bonchev–Trinajstić information content (AvgIpc) is 3.10. The lowest BCUT2D eigenvalue weighted by atomic mass is 10.1. The zero-order chi connectivity index (χ0) is 25.4. The molecule has 1 heterocycles. The van der Waals surface area contributed by atoms with Crippen LogP contribution in [0.4, 0.5) is 5.69 Å². The minimum atomic E-state index is -0.751. The molecule has 0 aliphatic carbocycles. The Bertz CT molecular complexity index is 1210. The number of rotatable bonds is 8. The number of nitrogens with one attached hydrogen (secondary N) is 1. The Morgan fingerprint density at radius 3 is 2.37 bits per heavy atom. The number of anilines is 1. The predicted octanol–water partition coefficient (Wildman–Crippen LogP) is 3.60. The number of methoxy groups -OCH3 is 2. The van der Waals surface area contributed by atoms with Crippen LogP contribution in [0.2, 0.25) is 0 Å². The van der Waals surface area contributed by atoms with Gasteiger partial charge in [0.2, 0.25) is 0 Å². The highest BCUT2D eigenvalue weighted by Gasteiger charge is 2.29. The molecular formula is C27H28N2O6. The second-order valence-corrected chi connectivity index (χ2v) is 7.68. The molecule has 1 N–H and O–H groups in total. The van der Waals surface area contributed by atoms with Crippen LogP contribution in [0.15, 0.2) is 78.2 Å². The van der Waals surface area contributed by atoms with Gasteiger partial charge in [-0.1, -0.05) is 24.3 Å². The van der Waals surface area contributed by atoms with Crippen LogP contribution in [0, 0.1) is 13.8 Å². The van der Waals surface area contributed by atoms with Gasteiger partial charge >= 0.3 is 11.9 Å². The van der Waals surface area contributed by atoms with Gasteiger partial charge in [0.1, 0.15) is 18.1 Å². The first-order valence-electron chi connectivity index (χ1n) is 11.0. The van der Waals surface area contributed by atoms with Gasteiger partial charge in [0, 0.05) is 6.20 Å². The van der Waals surface area contributed by atoms with E-state index in [2.05, 4.69) is 5.32 Å². The lowest BCUT2D eigenvalue weighted by molar-refractivity contribution is -0.139. The first-order chi connectivity index (χ1) is 16.9. The topological polar surface area (TPSA) is 94.2 Å². The summed E-state index contributed by atoms with van der Waals surface area (Å²) < 4.78 is 15.5. The number of amides is 1. The van der Waals surface area contributed by atoms with Crippen LogP contribution in [0.25, 0.3) is 0 Å². The number of hydrogen-bond donors (Lipinski definition) is 1. The molecule has 0 radical (unpaired) electrons. The first-order valence-corrected chi connectivity index (χ1v) is 11.0. The van der Waals surface area contributed by atoms with E-state index >= 15 is 0 Å². The summed E-state index contributed by atoms with van der Waals surface area (Å²) in [5.74, 6) is -1.09. The van der Waals surface area contributed by atoms with Gasteiger partial charge in [0.15, 0.2) is 0 Å². The Hall–Kier alpha value is -4.33. The average molecular weight is 477 g/mol. The molecule has 1 amide bonds. The second kappa shape index (κ2) is 11.7. The van der Waals surface area contributed by atoms with Crippen molar-refractivity contribution in [3.8, 4) is 5.75 Å². The number of benzene rings is 2. The Morgan fingerprint density at radius 1 is 0.914 bits per heavy atom. The number of carbonyl (C=O) groups excluding carboxylic acids is 3. The number of esters is 2. The maximum absolute atomic E-state index is 13.1. The fourth-order valence-corrected chi connectivity index (χ4v) is 3.46. The van der Waals surface area contributed by atoms with E-state index in [1.54, 1.807) is 42.6 Å². The van der Waals surface area contributed by atoms with Gasteiger partial charge in [0.25, 0.3) is 5.91 Å². The Kier molecular flexibility index (Phi) is 8.45. The Labute approximate surface area is 204 Å². The van der Waals surface area contributed by atoms with Gasteiger partial charge in [-0.3, -0.25) is 4.79 Å². The monoisotopic (exact) mass is 476 g/mol. The minimum absolute atomic E-state index is 0.00125. The summed E-state index contributed by atoms with van der Waals surface area (Å²) in [5, 5.41) is 2.84. The van der Waals surface area contributed by atoms with Crippen LogP contribution in [-0.2, 0) is 19.1 Å². The molecule has 8 heteroatoms. The smallest absolute Gasteiger partial charge is 0.355 e. The fourth-order valence-electron chi connectivity index (χ4n) is 3.46. The maximum atomic E-state index is 13.1. The molecule has 0 saturated heterocycles. The van der Waals surface area contributed by atoms with E-state index in [-0.39, 0.29) is 30.3 Å². The van der Waals surface area contributed by atoms with Crippen molar-refractivity contribution in [3.05, 3.63) is 94.9 Å². The van der Waals surface area contributed by atoms with Gasteiger partial charge in [-0.15, -0.1) is 0 Å². The van der Waals surface area contributed by atoms with Crippen molar-refractivity contribution < 1.29 is 28.6 Å². The number of carbonyl (C=O) groups is 3. The van der Waals surface area contributed by atoms with Gasteiger partial charge in [-0.2, -0.15) is 0 Å². The van der Waals surface area contributed by atoms with E-state index in [0.717, 1.165) is 11.3 Å². The molecule has 0 atom stereocenters. The van der Waals surface area contributed by atoms with Crippen molar-refractivity contribution in [1.82, 2.24) is 5.32 Å². The highest BCUT2D eigenvalue weighted by Crippen LogP contribution is 2.29. The molecule has 0 fully saturated rings. The minimum Gasteiger partial charge on any atom is -0.492 e. The standard InChI is InChI=1S/C27H28N2O6/c1-18-12-13-20(17-19(18)2)35-16-14-28-25(30)21-9-5-6-11-23(21)29-15-8-7-10-22(26(31)33-3)24(29)27(32)34-4/h5-13,15,17H,14,16H2,1-4H3,(H,28,30). The summed E-state index contributed by atoms with van der Waals surface area (Å²) in [5.41, 5.74) is 2.93. The molecule has 0 bridgehead atoms. The number of nitrogens with zero attached hydrogens (tertiary/aromatic N) is 1. The SMILES string of the molecule is COC(=O)C1=C(C(=O)OC)N(c2ccccc2C(=O)NCCOc2ccc(C)c(C)c2)C=CC=C1. The molecule has 2 aromatic rings. The maximum Gasteiger partial charge on any atom is 0.355 e. The number of para-hydroxylation sites is 1. The summed E-state index contributed by atoms with van der Waals surface area (Å²) in [4.78, 5) is 39.6. The largest absolute Gasteiger partial charge is 0.492 e. The fraction of sp³-hybridized carbons (Fsp3) is 0.222. The molecule has 1 aliphatic heterocycles. The molecular weight excluding hydrogens is 448 g/mol. The highest BCUT2D eigenvalue weighted by atomic mass is 16.5. The third-order valence-corrected chi connectivity index (χ3v) is 5.43. The van der Waals surface area contributed by atoms with Gasteiger partial charge in [-0.05, 0) is 61.4 Å². The van der Waals surface area contributed by atoms with Crippen LogP contribution in [0.1, 0.15) is 21.5 Å². The summed E-state index contributed by atoms with van der Waals surface area (Å²) in [6.07, 6.45) is 6.28. The highest BCUT2D eigenvalue weighted by molar-refractivity contribution is 6.07. The van der Waals surface area contributed by atoms with E-state index in [1.807, 2.05) is 32.0 Å². The van der Waals surface area contributed by atoms with Gasteiger partial charge in [0.05, 0.1) is 37.6 Å².